The Morgan fingerprint density at radius 2 is 2.19 bits per heavy atom. The molecule has 0 aliphatic rings. The fourth-order valence-electron chi connectivity index (χ4n) is 1.60. The lowest BCUT2D eigenvalue weighted by Crippen LogP contribution is -2.00. The Morgan fingerprint density at radius 1 is 1.44 bits per heavy atom. The lowest BCUT2D eigenvalue weighted by atomic mass is 10.2. The topological polar surface area (TPSA) is 33.6 Å². The number of hydrogen-bond donors (Lipinski definition) is 1. The second kappa shape index (κ2) is 4.93. The molecule has 0 saturated carbocycles. The molecule has 1 N–H and O–H groups in total. The molecular weight excluding hydrogens is 286 g/mol. The van der Waals surface area contributed by atoms with Gasteiger partial charge >= 0.3 is 0 Å². The van der Waals surface area contributed by atoms with E-state index in [4.69, 9.17) is 12.2 Å². The van der Waals surface area contributed by atoms with Crippen LogP contribution in [0.3, 0.4) is 0 Å². The standard InChI is InChI=1S/C11H12BrN3S/c1-2-7-15-10(13-14-11(15)16)8-5-3-4-6-9(8)12/h3-6H,2,7H2,1H3,(H,14,16). The van der Waals surface area contributed by atoms with Crippen LogP contribution in [0.25, 0.3) is 11.4 Å². The molecule has 0 saturated heterocycles. The summed E-state index contributed by atoms with van der Waals surface area (Å²) in [6, 6.07) is 8.01. The van der Waals surface area contributed by atoms with E-state index in [0.29, 0.717) is 4.77 Å². The van der Waals surface area contributed by atoms with Gasteiger partial charge in [0, 0.05) is 16.6 Å². The molecule has 1 aromatic heterocycles. The van der Waals surface area contributed by atoms with E-state index in [9.17, 15) is 0 Å². The predicted octanol–water partition coefficient (Wildman–Crippen LogP) is 3.78. The van der Waals surface area contributed by atoms with Crippen LogP contribution in [0.15, 0.2) is 28.7 Å². The molecule has 16 heavy (non-hydrogen) atoms. The monoisotopic (exact) mass is 297 g/mol. The number of hydrogen-bond acceptors (Lipinski definition) is 2. The van der Waals surface area contributed by atoms with E-state index in [1.54, 1.807) is 0 Å². The van der Waals surface area contributed by atoms with Crippen LogP contribution in [0.4, 0.5) is 0 Å². The second-order valence-electron chi connectivity index (χ2n) is 3.48. The van der Waals surface area contributed by atoms with Gasteiger partial charge in [0.15, 0.2) is 10.6 Å². The van der Waals surface area contributed by atoms with E-state index in [2.05, 4.69) is 33.1 Å². The number of aromatic amines is 1. The minimum absolute atomic E-state index is 0.674. The fourth-order valence-corrected chi connectivity index (χ4v) is 2.28. The van der Waals surface area contributed by atoms with Crippen molar-refractivity contribution >= 4 is 28.1 Å². The first kappa shape index (κ1) is 11.5. The summed E-state index contributed by atoms with van der Waals surface area (Å²) in [5.74, 6) is 0.888. The first-order chi connectivity index (χ1) is 7.74. The van der Waals surface area contributed by atoms with Gasteiger partial charge in [0.25, 0.3) is 0 Å². The van der Waals surface area contributed by atoms with Gasteiger partial charge in [-0.1, -0.05) is 41.1 Å². The van der Waals surface area contributed by atoms with Crippen LogP contribution in [0.5, 0.6) is 0 Å². The summed E-state index contributed by atoms with van der Waals surface area (Å²) < 4.78 is 3.73. The molecule has 0 fully saturated rings. The summed E-state index contributed by atoms with van der Waals surface area (Å²) in [5.41, 5.74) is 1.06. The van der Waals surface area contributed by atoms with E-state index in [0.717, 1.165) is 28.8 Å². The molecule has 0 spiro atoms. The Kier molecular flexibility index (Phi) is 3.56. The normalized spacial score (nSPS) is 10.6. The number of rotatable bonds is 3. The van der Waals surface area contributed by atoms with Crippen molar-refractivity contribution in [1.29, 1.82) is 0 Å². The molecule has 0 amide bonds. The Balaban J connectivity index is 2.56. The minimum atomic E-state index is 0.674. The highest BCUT2D eigenvalue weighted by Crippen LogP contribution is 2.26. The van der Waals surface area contributed by atoms with Crippen molar-refractivity contribution in [2.24, 2.45) is 0 Å². The number of nitrogens with one attached hydrogen (secondary N) is 1. The van der Waals surface area contributed by atoms with Crippen LogP contribution < -0.4 is 0 Å². The molecule has 0 unspecified atom stereocenters. The summed E-state index contributed by atoms with van der Waals surface area (Å²) in [7, 11) is 0. The van der Waals surface area contributed by atoms with Gasteiger partial charge in [-0.25, -0.2) is 0 Å². The fraction of sp³-hybridized carbons (Fsp3) is 0.273. The predicted molar refractivity (Wildman–Crippen MR) is 70.8 cm³/mol. The lowest BCUT2D eigenvalue weighted by molar-refractivity contribution is 0.674. The number of nitrogens with zero attached hydrogens (tertiary/aromatic N) is 2. The van der Waals surface area contributed by atoms with Gasteiger partial charge < -0.3 is 4.57 Å². The highest BCUT2D eigenvalue weighted by molar-refractivity contribution is 9.10. The van der Waals surface area contributed by atoms with Gasteiger partial charge in [-0.15, -0.1) is 0 Å². The van der Waals surface area contributed by atoms with E-state index in [1.165, 1.54) is 0 Å². The number of aromatic nitrogens is 3. The third-order valence-electron chi connectivity index (χ3n) is 2.32. The van der Waals surface area contributed by atoms with Crippen molar-refractivity contribution in [2.75, 3.05) is 0 Å². The Labute approximate surface area is 108 Å². The molecule has 1 aromatic carbocycles. The minimum Gasteiger partial charge on any atom is -0.300 e. The van der Waals surface area contributed by atoms with Crippen molar-refractivity contribution in [1.82, 2.24) is 14.8 Å². The Bertz CT molecular complexity index is 544. The highest BCUT2D eigenvalue weighted by Gasteiger charge is 2.10. The lowest BCUT2D eigenvalue weighted by Gasteiger charge is -2.06. The van der Waals surface area contributed by atoms with E-state index in [1.807, 2.05) is 28.8 Å². The molecule has 84 valence electrons. The third kappa shape index (κ3) is 2.10. The third-order valence-corrected chi connectivity index (χ3v) is 3.32. The molecule has 0 bridgehead atoms. The molecule has 1 heterocycles. The highest BCUT2D eigenvalue weighted by atomic mass is 79.9. The van der Waals surface area contributed by atoms with Crippen molar-refractivity contribution in [2.45, 2.75) is 19.9 Å². The van der Waals surface area contributed by atoms with Gasteiger partial charge in [0.2, 0.25) is 0 Å². The smallest absolute Gasteiger partial charge is 0.195 e. The first-order valence-electron chi connectivity index (χ1n) is 5.14. The zero-order valence-electron chi connectivity index (χ0n) is 8.90. The molecule has 2 aromatic rings. The molecule has 0 aliphatic carbocycles. The number of benzene rings is 1. The van der Waals surface area contributed by atoms with Crippen LogP contribution in [0.1, 0.15) is 13.3 Å². The average molecular weight is 298 g/mol. The maximum absolute atomic E-state index is 5.21. The molecule has 3 nitrogen and oxygen atoms in total. The van der Waals surface area contributed by atoms with Crippen molar-refractivity contribution in [3.63, 3.8) is 0 Å². The molecule has 2 rings (SSSR count). The summed E-state index contributed by atoms with van der Waals surface area (Å²) >= 11 is 8.74. The Hall–Kier alpha value is -0.940. The van der Waals surface area contributed by atoms with Crippen molar-refractivity contribution in [3.05, 3.63) is 33.5 Å². The van der Waals surface area contributed by atoms with Gasteiger partial charge in [0.1, 0.15) is 0 Å². The summed E-state index contributed by atoms with van der Waals surface area (Å²) in [6.45, 7) is 3.00. The van der Waals surface area contributed by atoms with Crippen LogP contribution in [0.2, 0.25) is 0 Å². The van der Waals surface area contributed by atoms with Crippen LogP contribution in [0, 0.1) is 4.77 Å². The molecule has 5 heteroatoms. The quantitative estimate of drug-likeness (QED) is 0.875. The van der Waals surface area contributed by atoms with Gasteiger partial charge in [-0.2, -0.15) is 5.10 Å². The largest absolute Gasteiger partial charge is 0.300 e. The first-order valence-corrected chi connectivity index (χ1v) is 6.34. The van der Waals surface area contributed by atoms with E-state index < -0.39 is 0 Å². The maximum atomic E-state index is 5.21. The zero-order chi connectivity index (χ0) is 11.5. The average Bonchev–Trinajstić information content (AvgIpc) is 2.62. The maximum Gasteiger partial charge on any atom is 0.195 e. The van der Waals surface area contributed by atoms with Gasteiger partial charge in [0.05, 0.1) is 0 Å². The summed E-state index contributed by atoms with van der Waals surface area (Å²) in [6.07, 6.45) is 1.03. The van der Waals surface area contributed by atoms with Gasteiger partial charge in [-0.3, -0.25) is 5.10 Å². The Morgan fingerprint density at radius 3 is 2.88 bits per heavy atom. The van der Waals surface area contributed by atoms with Crippen LogP contribution >= 0.6 is 28.1 Å². The van der Waals surface area contributed by atoms with Crippen LogP contribution in [-0.4, -0.2) is 14.8 Å². The summed E-state index contributed by atoms with van der Waals surface area (Å²) in [5, 5.41) is 7.12. The molecule has 0 radical (unpaired) electrons. The second-order valence-corrected chi connectivity index (χ2v) is 4.72. The van der Waals surface area contributed by atoms with Crippen molar-refractivity contribution < 1.29 is 0 Å². The molecule has 0 aliphatic heterocycles. The van der Waals surface area contributed by atoms with E-state index >= 15 is 0 Å². The SMILES string of the molecule is CCCn1c(-c2ccccc2Br)n[nH]c1=S. The van der Waals surface area contributed by atoms with Gasteiger partial charge in [-0.05, 0) is 24.7 Å². The number of halogens is 1. The van der Waals surface area contributed by atoms with Crippen molar-refractivity contribution in [3.8, 4) is 11.4 Å². The molecule has 0 atom stereocenters. The molecular formula is C11H12BrN3S. The number of H-pyrrole nitrogens is 1. The van der Waals surface area contributed by atoms with Crippen LogP contribution in [-0.2, 0) is 6.54 Å². The summed E-state index contributed by atoms with van der Waals surface area (Å²) in [4.78, 5) is 0. The zero-order valence-corrected chi connectivity index (χ0v) is 11.3. The van der Waals surface area contributed by atoms with E-state index in [-0.39, 0.29) is 0 Å².